The predicted molar refractivity (Wildman–Crippen MR) is 95.2 cm³/mol. The van der Waals surface area contributed by atoms with Crippen LogP contribution in [-0.4, -0.2) is 41.6 Å². The third kappa shape index (κ3) is 4.92. The molecule has 1 aromatic rings. The van der Waals surface area contributed by atoms with Crippen LogP contribution in [0.3, 0.4) is 0 Å². The fraction of sp³-hybridized carbons (Fsp3) is 0.526. The highest BCUT2D eigenvalue weighted by molar-refractivity contribution is 8.14. The second-order valence-corrected chi connectivity index (χ2v) is 8.10. The van der Waals surface area contributed by atoms with Crippen molar-refractivity contribution in [3.8, 4) is 0 Å². The van der Waals surface area contributed by atoms with Gasteiger partial charge in [-0.1, -0.05) is 18.2 Å². The van der Waals surface area contributed by atoms with Crippen molar-refractivity contribution in [2.75, 3.05) is 6.61 Å². The number of thioether (sulfide) groups is 1. The van der Waals surface area contributed by atoms with Gasteiger partial charge in [0.15, 0.2) is 11.6 Å². The number of benzene rings is 1. The van der Waals surface area contributed by atoms with Crippen LogP contribution in [0.25, 0.3) is 0 Å². The number of ether oxygens (including phenoxy) is 4. The lowest BCUT2D eigenvalue weighted by atomic mass is 10.1. The van der Waals surface area contributed by atoms with Crippen LogP contribution in [0.4, 0.5) is 0 Å². The Kier molecular flexibility index (Phi) is 5.37. The van der Waals surface area contributed by atoms with Gasteiger partial charge in [0.1, 0.15) is 18.3 Å². The minimum absolute atomic E-state index is 0.0535. The first-order valence-corrected chi connectivity index (χ1v) is 9.18. The van der Waals surface area contributed by atoms with Crippen LogP contribution in [0.15, 0.2) is 47.4 Å². The molecule has 0 N–H and O–H groups in total. The van der Waals surface area contributed by atoms with E-state index >= 15 is 0 Å². The molecule has 0 amide bonds. The minimum atomic E-state index is -0.731. The van der Waals surface area contributed by atoms with Crippen LogP contribution < -0.4 is 0 Å². The molecule has 25 heavy (non-hydrogen) atoms. The van der Waals surface area contributed by atoms with Gasteiger partial charge in [0, 0.05) is 4.90 Å². The summed E-state index contributed by atoms with van der Waals surface area (Å²) in [6, 6.07) is 9.55. The lowest BCUT2D eigenvalue weighted by molar-refractivity contribution is -0.174. The number of carbonyl (C=O) groups is 1. The summed E-state index contributed by atoms with van der Waals surface area (Å²) in [6.45, 7) is 7.90. The molecule has 2 heterocycles. The van der Waals surface area contributed by atoms with E-state index in [0.717, 1.165) is 4.90 Å². The third-order valence-corrected chi connectivity index (χ3v) is 4.79. The molecule has 0 saturated carbocycles. The fourth-order valence-electron chi connectivity index (χ4n) is 2.94. The summed E-state index contributed by atoms with van der Waals surface area (Å²) in [7, 11) is 0. The highest BCUT2D eigenvalue weighted by Gasteiger charge is 2.48. The Morgan fingerprint density at radius 1 is 1.08 bits per heavy atom. The van der Waals surface area contributed by atoms with Gasteiger partial charge in [-0.3, -0.25) is 4.79 Å². The average Bonchev–Trinajstić information content (AvgIpc) is 3.05. The largest absolute Gasteiger partial charge is 0.348 e. The molecule has 2 aliphatic rings. The SMILES string of the molecule is CC1(C)O[C@H]([C@H]2COC(C)(C)O2)[C@@H](/C=C/C(=O)Sc2ccccc2)O1. The number of rotatable bonds is 4. The summed E-state index contributed by atoms with van der Waals surface area (Å²) in [5, 5.41) is -0.0535. The summed E-state index contributed by atoms with van der Waals surface area (Å²) >= 11 is 1.18. The Morgan fingerprint density at radius 2 is 1.80 bits per heavy atom. The average molecular weight is 364 g/mol. The molecular weight excluding hydrogens is 340 g/mol. The first-order chi connectivity index (χ1) is 11.7. The van der Waals surface area contributed by atoms with Crippen molar-refractivity contribution in [2.45, 2.75) is 62.5 Å². The van der Waals surface area contributed by atoms with Gasteiger partial charge >= 0.3 is 0 Å². The molecule has 0 bridgehead atoms. The number of hydrogen-bond acceptors (Lipinski definition) is 6. The Bertz CT molecular complexity index is 640. The van der Waals surface area contributed by atoms with Crippen LogP contribution in [0, 0.1) is 0 Å². The van der Waals surface area contributed by atoms with Gasteiger partial charge in [-0.25, -0.2) is 0 Å². The first kappa shape index (κ1) is 18.6. The van der Waals surface area contributed by atoms with E-state index in [4.69, 9.17) is 18.9 Å². The molecule has 2 fully saturated rings. The summed E-state index contributed by atoms with van der Waals surface area (Å²) in [5.41, 5.74) is 0. The summed E-state index contributed by atoms with van der Waals surface area (Å²) in [5.74, 6) is -1.36. The topological polar surface area (TPSA) is 54.0 Å². The van der Waals surface area contributed by atoms with Gasteiger partial charge in [0.05, 0.1) is 6.61 Å². The maximum atomic E-state index is 12.2. The normalized spacial score (nSPS) is 30.8. The minimum Gasteiger partial charge on any atom is -0.348 e. The molecule has 0 aliphatic carbocycles. The summed E-state index contributed by atoms with van der Waals surface area (Å²) in [6.07, 6.45) is 2.39. The zero-order valence-electron chi connectivity index (χ0n) is 14.9. The molecule has 0 aromatic heterocycles. The van der Waals surface area contributed by atoms with Gasteiger partial charge in [-0.2, -0.15) is 0 Å². The van der Waals surface area contributed by atoms with Crippen molar-refractivity contribution in [2.24, 2.45) is 0 Å². The Morgan fingerprint density at radius 3 is 2.44 bits per heavy atom. The molecule has 0 radical (unpaired) electrons. The maximum absolute atomic E-state index is 12.2. The Balaban J connectivity index is 1.65. The van der Waals surface area contributed by atoms with Crippen LogP contribution in [0.5, 0.6) is 0 Å². The van der Waals surface area contributed by atoms with Gasteiger partial charge < -0.3 is 18.9 Å². The summed E-state index contributed by atoms with van der Waals surface area (Å²) < 4.78 is 23.5. The standard InChI is InChI=1S/C19H24O5S/c1-18(2)21-12-15(23-18)17-14(22-19(3,4)24-17)10-11-16(20)25-13-8-6-5-7-9-13/h5-11,14-15,17H,12H2,1-4H3/b11-10+/t14-,15-,17+/m1/s1. The highest BCUT2D eigenvalue weighted by Crippen LogP contribution is 2.36. The van der Waals surface area contributed by atoms with E-state index < -0.39 is 11.6 Å². The molecule has 0 unspecified atom stereocenters. The quantitative estimate of drug-likeness (QED) is 0.602. The van der Waals surface area contributed by atoms with Gasteiger partial charge in [-0.05, 0) is 63.7 Å². The van der Waals surface area contributed by atoms with E-state index in [2.05, 4.69) is 0 Å². The molecule has 3 atom stereocenters. The van der Waals surface area contributed by atoms with Crippen molar-refractivity contribution in [1.29, 1.82) is 0 Å². The van der Waals surface area contributed by atoms with Gasteiger partial charge in [0.2, 0.25) is 5.12 Å². The lowest BCUT2D eigenvalue weighted by Crippen LogP contribution is -2.37. The van der Waals surface area contributed by atoms with Gasteiger partial charge in [0.25, 0.3) is 0 Å². The monoisotopic (exact) mass is 364 g/mol. The van der Waals surface area contributed by atoms with Crippen molar-refractivity contribution < 1.29 is 23.7 Å². The number of hydrogen-bond donors (Lipinski definition) is 0. The molecule has 3 rings (SSSR count). The van der Waals surface area contributed by atoms with E-state index in [9.17, 15) is 4.79 Å². The molecule has 1 aromatic carbocycles. The Hall–Kier alpha value is -1.18. The molecular formula is C19H24O5S. The van der Waals surface area contributed by atoms with Gasteiger partial charge in [-0.15, -0.1) is 0 Å². The predicted octanol–water partition coefficient (Wildman–Crippen LogP) is 3.53. The van der Waals surface area contributed by atoms with Crippen LogP contribution >= 0.6 is 11.8 Å². The van der Waals surface area contributed by atoms with Crippen molar-refractivity contribution >= 4 is 16.9 Å². The molecule has 2 aliphatic heterocycles. The number of carbonyl (C=O) groups excluding carboxylic acids is 1. The van der Waals surface area contributed by atoms with Crippen molar-refractivity contribution in [3.05, 3.63) is 42.5 Å². The highest BCUT2D eigenvalue weighted by atomic mass is 32.2. The zero-order chi connectivity index (χ0) is 18.1. The van der Waals surface area contributed by atoms with Crippen LogP contribution in [-0.2, 0) is 23.7 Å². The third-order valence-electron chi connectivity index (χ3n) is 3.94. The first-order valence-electron chi connectivity index (χ1n) is 8.37. The van der Waals surface area contributed by atoms with Crippen molar-refractivity contribution in [3.63, 3.8) is 0 Å². The van der Waals surface area contributed by atoms with Crippen LogP contribution in [0.2, 0.25) is 0 Å². The molecule has 0 spiro atoms. The lowest BCUT2D eigenvalue weighted by Gasteiger charge is -2.22. The van der Waals surface area contributed by atoms with Crippen molar-refractivity contribution in [1.82, 2.24) is 0 Å². The molecule has 6 heteroatoms. The Labute approximate surface area is 152 Å². The second-order valence-electron chi connectivity index (χ2n) is 7.03. The second kappa shape index (κ2) is 7.21. The molecule has 2 saturated heterocycles. The summed E-state index contributed by atoms with van der Waals surface area (Å²) in [4.78, 5) is 13.1. The van der Waals surface area contributed by atoms with Crippen LogP contribution in [0.1, 0.15) is 27.7 Å². The molecule has 5 nitrogen and oxygen atoms in total. The van der Waals surface area contributed by atoms with E-state index in [0.29, 0.717) is 6.61 Å². The van der Waals surface area contributed by atoms with E-state index in [1.165, 1.54) is 11.8 Å². The van der Waals surface area contributed by atoms with E-state index in [1.54, 1.807) is 12.2 Å². The van der Waals surface area contributed by atoms with E-state index in [-0.39, 0.29) is 23.4 Å². The van der Waals surface area contributed by atoms with E-state index in [1.807, 2.05) is 58.0 Å². The fourth-order valence-corrected chi connectivity index (χ4v) is 3.62. The molecule has 136 valence electrons. The zero-order valence-corrected chi connectivity index (χ0v) is 15.7. The maximum Gasteiger partial charge on any atom is 0.216 e. The smallest absolute Gasteiger partial charge is 0.216 e.